The zero-order chi connectivity index (χ0) is 21.9. The Morgan fingerprint density at radius 3 is 2.97 bits per heavy atom. The van der Waals surface area contributed by atoms with Crippen molar-refractivity contribution in [2.75, 3.05) is 19.0 Å². The van der Waals surface area contributed by atoms with Gasteiger partial charge in [-0.3, -0.25) is 14.6 Å². The lowest BCUT2D eigenvalue weighted by atomic mass is 10.1. The van der Waals surface area contributed by atoms with E-state index in [9.17, 15) is 4.79 Å². The molecule has 4 N–H and O–H groups in total. The van der Waals surface area contributed by atoms with Crippen molar-refractivity contribution in [3.8, 4) is 0 Å². The Kier molecular flexibility index (Phi) is 9.95. The van der Waals surface area contributed by atoms with Crippen molar-refractivity contribution >= 4 is 23.8 Å². The second kappa shape index (κ2) is 12.4. The topological polar surface area (TPSA) is 128 Å². The summed E-state index contributed by atoms with van der Waals surface area (Å²) >= 11 is 0.906. The van der Waals surface area contributed by atoms with Crippen LogP contribution in [0.3, 0.4) is 0 Å². The molecule has 0 bridgehead atoms. The molecule has 0 saturated heterocycles. The molecule has 0 spiro atoms. The molecule has 30 heavy (non-hydrogen) atoms. The van der Waals surface area contributed by atoms with Crippen molar-refractivity contribution in [3.63, 3.8) is 0 Å². The molecule has 0 aromatic carbocycles. The van der Waals surface area contributed by atoms with Gasteiger partial charge >= 0.3 is 0 Å². The molecule has 9 nitrogen and oxygen atoms in total. The SMILES string of the molecule is CC(C)=CCn1ccc(C(=O)c2cncnc2NC2CCC(COSN)C2)n1.CO. The number of carbonyl (C=O) groups excluding carboxylic acids is 1. The number of nitrogens with zero attached hydrogens (tertiary/aromatic N) is 4. The van der Waals surface area contributed by atoms with E-state index >= 15 is 0 Å². The van der Waals surface area contributed by atoms with Gasteiger partial charge in [-0.2, -0.15) is 5.10 Å². The number of nitrogens with two attached hydrogens (primary N) is 1. The molecule has 2 unspecified atom stereocenters. The van der Waals surface area contributed by atoms with Crippen LogP contribution in [-0.4, -0.2) is 50.4 Å². The van der Waals surface area contributed by atoms with Crippen LogP contribution in [0.4, 0.5) is 5.82 Å². The van der Waals surface area contributed by atoms with Crippen LogP contribution in [0.25, 0.3) is 0 Å². The van der Waals surface area contributed by atoms with Crippen LogP contribution in [-0.2, 0) is 10.7 Å². The van der Waals surface area contributed by atoms with Crippen LogP contribution in [0.1, 0.15) is 49.2 Å². The summed E-state index contributed by atoms with van der Waals surface area (Å²) in [5.41, 5.74) is 2.03. The van der Waals surface area contributed by atoms with Crippen LogP contribution in [0.15, 0.2) is 36.4 Å². The summed E-state index contributed by atoms with van der Waals surface area (Å²) in [4.78, 5) is 21.3. The number of allylic oxidation sites excluding steroid dienone is 2. The maximum atomic E-state index is 13.0. The number of hydrogen-bond acceptors (Lipinski definition) is 9. The van der Waals surface area contributed by atoms with E-state index in [4.69, 9.17) is 14.4 Å². The van der Waals surface area contributed by atoms with E-state index in [1.165, 1.54) is 11.9 Å². The standard InChI is InChI=1S/C19H26N6O2S.CH4O/c1-13(2)5-7-25-8-6-17(24-25)18(26)16-10-21-12-22-19(16)23-15-4-3-14(9-15)11-27-28-20;1-2/h5-6,8,10,12,14-15H,3-4,7,9,11,20H2,1-2H3,(H,21,22,23);2H,1H3. The summed E-state index contributed by atoms with van der Waals surface area (Å²) in [5.74, 6) is 0.829. The highest BCUT2D eigenvalue weighted by molar-refractivity contribution is 7.92. The van der Waals surface area contributed by atoms with Crippen LogP contribution in [0.2, 0.25) is 0 Å². The summed E-state index contributed by atoms with van der Waals surface area (Å²) in [6.07, 6.45) is 9.87. The minimum absolute atomic E-state index is 0.184. The molecular weight excluding hydrogens is 404 g/mol. The Morgan fingerprint density at radius 2 is 2.23 bits per heavy atom. The van der Waals surface area contributed by atoms with E-state index in [0.29, 0.717) is 36.1 Å². The fraction of sp³-hybridized carbons (Fsp3) is 0.500. The first-order valence-electron chi connectivity index (χ1n) is 9.78. The number of carbonyl (C=O) groups is 1. The molecule has 2 atom stereocenters. The van der Waals surface area contributed by atoms with E-state index in [1.54, 1.807) is 23.1 Å². The van der Waals surface area contributed by atoms with E-state index in [-0.39, 0.29) is 11.8 Å². The fourth-order valence-electron chi connectivity index (χ4n) is 3.30. The third kappa shape index (κ3) is 6.91. The normalized spacial score (nSPS) is 17.8. The maximum absolute atomic E-state index is 13.0. The number of aliphatic hydroxyl groups excluding tert-OH is 1. The highest BCUT2D eigenvalue weighted by Gasteiger charge is 2.27. The summed E-state index contributed by atoms with van der Waals surface area (Å²) in [6.45, 7) is 5.34. The van der Waals surface area contributed by atoms with Gasteiger partial charge in [-0.05, 0) is 45.1 Å². The summed E-state index contributed by atoms with van der Waals surface area (Å²) in [5, 5.41) is 20.1. The minimum Gasteiger partial charge on any atom is -0.400 e. The number of aromatic nitrogens is 4. The predicted molar refractivity (Wildman–Crippen MR) is 118 cm³/mol. The highest BCUT2D eigenvalue weighted by Crippen LogP contribution is 2.29. The number of nitrogens with one attached hydrogen (secondary N) is 1. The monoisotopic (exact) mass is 434 g/mol. The van der Waals surface area contributed by atoms with Crippen molar-refractivity contribution in [3.05, 3.63) is 47.7 Å². The average Bonchev–Trinajstić information content (AvgIpc) is 3.42. The first-order chi connectivity index (χ1) is 14.6. The summed E-state index contributed by atoms with van der Waals surface area (Å²) in [6, 6.07) is 1.97. The lowest BCUT2D eigenvalue weighted by molar-refractivity contribution is 0.103. The Balaban J connectivity index is 0.00000155. The molecule has 164 valence electrons. The Hall–Kier alpha value is -2.27. The quantitative estimate of drug-likeness (QED) is 0.236. The first-order valence-corrected chi connectivity index (χ1v) is 10.6. The molecule has 3 rings (SSSR count). The van der Waals surface area contributed by atoms with Gasteiger partial charge in [0.1, 0.15) is 17.8 Å². The van der Waals surface area contributed by atoms with E-state index < -0.39 is 0 Å². The van der Waals surface area contributed by atoms with Gasteiger partial charge in [0.2, 0.25) is 5.78 Å². The van der Waals surface area contributed by atoms with E-state index in [2.05, 4.69) is 26.5 Å². The largest absolute Gasteiger partial charge is 0.400 e. The first kappa shape index (κ1) is 24.0. The Labute approximate surface area is 181 Å². The van der Waals surface area contributed by atoms with Gasteiger partial charge in [0.25, 0.3) is 0 Å². The minimum atomic E-state index is -0.184. The van der Waals surface area contributed by atoms with Crippen molar-refractivity contribution in [2.24, 2.45) is 11.1 Å². The molecule has 1 aliphatic rings. The lowest BCUT2D eigenvalue weighted by Gasteiger charge is -2.15. The molecule has 2 aromatic rings. The average molecular weight is 435 g/mol. The smallest absolute Gasteiger partial charge is 0.218 e. The van der Waals surface area contributed by atoms with E-state index in [0.717, 1.165) is 38.6 Å². The maximum Gasteiger partial charge on any atom is 0.218 e. The van der Waals surface area contributed by atoms with Crippen LogP contribution in [0.5, 0.6) is 0 Å². The van der Waals surface area contributed by atoms with E-state index in [1.807, 2.05) is 13.8 Å². The molecule has 1 saturated carbocycles. The van der Waals surface area contributed by atoms with Gasteiger partial charge in [0.05, 0.1) is 30.9 Å². The Bertz CT molecular complexity index is 837. The third-order valence-corrected chi connectivity index (χ3v) is 5.04. The van der Waals surface area contributed by atoms with Crippen molar-refractivity contribution < 1.29 is 14.1 Å². The van der Waals surface area contributed by atoms with Gasteiger partial charge in [0.15, 0.2) is 0 Å². The second-order valence-electron chi connectivity index (χ2n) is 7.22. The molecule has 10 heteroatoms. The zero-order valence-electron chi connectivity index (χ0n) is 17.6. The van der Waals surface area contributed by atoms with Gasteiger partial charge in [-0.25, -0.2) is 9.97 Å². The second-order valence-corrected chi connectivity index (χ2v) is 7.65. The lowest BCUT2D eigenvalue weighted by Crippen LogP contribution is -2.20. The number of aliphatic hydroxyl groups is 1. The van der Waals surface area contributed by atoms with Crippen LogP contribution >= 0.6 is 12.2 Å². The third-order valence-electron chi connectivity index (χ3n) is 4.77. The summed E-state index contributed by atoms with van der Waals surface area (Å²) < 4.78 is 6.99. The van der Waals surface area contributed by atoms with Crippen molar-refractivity contribution in [1.82, 2.24) is 19.7 Å². The highest BCUT2D eigenvalue weighted by atomic mass is 32.2. The molecule has 0 radical (unpaired) electrons. The van der Waals surface area contributed by atoms with Crippen molar-refractivity contribution in [1.29, 1.82) is 0 Å². The molecule has 0 aliphatic heterocycles. The molecule has 1 fully saturated rings. The zero-order valence-corrected chi connectivity index (χ0v) is 18.4. The Morgan fingerprint density at radius 1 is 1.43 bits per heavy atom. The molecule has 0 amide bonds. The molecule has 1 aliphatic carbocycles. The number of anilines is 1. The predicted octanol–water partition coefficient (Wildman–Crippen LogP) is 2.60. The molecule has 2 aromatic heterocycles. The number of hydrogen-bond donors (Lipinski definition) is 3. The van der Waals surface area contributed by atoms with Gasteiger partial charge in [-0.1, -0.05) is 11.6 Å². The van der Waals surface area contributed by atoms with Gasteiger partial charge in [0, 0.05) is 25.5 Å². The van der Waals surface area contributed by atoms with Gasteiger partial charge < -0.3 is 14.6 Å². The summed E-state index contributed by atoms with van der Waals surface area (Å²) in [7, 11) is 1.00. The number of rotatable bonds is 9. The molecule has 2 heterocycles. The number of ketones is 1. The van der Waals surface area contributed by atoms with Crippen LogP contribution in [0, 0.1) is 5.92 Å². The van der Waals surface area contributed by atoms with Crippen molar-refractivity contribution in [2.45, 2.75) is 45.7 Å². The fourth-order valence-corrected chi connectivity index (χ4v) is 3.57. The van der Waals surface area contributed by atoms with Crippen LogP contribution < -0.4 is 10.5 Å². The van der Waals surface area contributed by atoms with Gasteiger partial charge in [-0.15, -0.1) is 0 Å². The molecular formula is C20H30N6O3S.